The van der Waals surface area contributed by atoms with E-state index in [0.717, 1.165) is 43.4 Å². The molecule has 0 amide bonds. The Morgan fingerprint density at radius 1 is 0.864 bits per heavy atom. The number of hydrogen-bond donors (Lipinski definition) is 0. The summed E-state index contributed by atoms with van der Waals surface area (Å²) in [6, 6.07) is 11.7. The van der Waals surface area contributed by atoms with Gasteiger partial charge in [-0.05, 0) is 61.6 Å². The lowest BCUT2D eigenvalue weighted by Gasteiger charge is -2.00. The highest BCUT2D eigenvalue weighted by Gasteiger charge is 2.00. The summed E-state index contributed by atoms with van der Waals surface area (Å²) < 4.78 is 25.9. The molecule has 0 heterocycles. The maximum atomic E-state index is 13.1. The van der Waals surface area contributed by atoms with Crippen molar-refractivity contribution in [2.75, 3.05) is 0 Å². The lowest BCUT2D eigenvalue weighted by atomic mass is 10.1. The lowest BCUT2D eigenvalue weighted by molar-refractivity contribution is 0.508. The van der Waals surface area contributed by atoms with Gasteiger partial charge >= 0.3 is 0 Å². The Balaban J connectivity index is 1.97. The number of hydrogen-bond acceptors (Lipinski definition) is 0. The van der Waals surface area contributed by atoms with E-state index in [9.17, 15) is 8.78 Å². The zero-order valence-corrected chi connectivity index (χ0v) is 12.4. The van der Waals surface area contributed by atoms with E-state index in [1.54, 1.807) is 0 Å². The van der Waals surface area contributed by atoms with Gasteiger partial charge in [-0.25, -0.2) is 8.78 Å². The van der Waals surface area contributed by atoms with E-state index in [2.05, 4.69) is 30.6 Å². The largest absolute Gasteiger partial charge is 0.204 e. The molecule has 0 saturated carbocycles. The maximum absolute atomic E-state index is 13.1. The third kappa shape index (κ3) is 4.86. The standard InChI is InChI=1S/C20H18F2/c1-2-3-4-5-6-16-7-9-17(10-8-16)11-12-18-13-14-19(21)20(22)15-18/h2,7-10,13-15H,1,3-6H2. The first kappa shape index (κ1) is 16.0. The van der Waals surface area contributed by atoms with Crippen LogP contribution in [0.1, 0.15) is 36.0 Å². The van der Waals surface area contributed by atoms with Gasteiger partial charge in [0.2, 0.25) is 0 Å². The second kappa shape index (κ2) is 8.14. The molecule has 0 nitrogen and oxygen atoms in total. The normalized spacial score (nSPS) is 9.91. The van der Waals surface area contributed by atoms with E-state index < -0.39 is 11.6 Å². The summed E-state index contributed by atoms with van der Waals surface area (Å²) in [5.74, 6) is 4.07. The van der Waals surface area contributed by atoms with Crippen LogP contribution >= 0.6 is 0 Å². The molecule has 0 N–H and O–H groups in total. The first-order valence-electron chi connectivity index (χ1n) is 7.36. The van der Waals surface area contributed by atoms with Crippen molar-refractivity contribution in [3.63, 3.8) is 0 Å². The molecule has 2 heteroatoms. The zero-order valence-electron chi connectivity index (χ0n) is 12.4. The predicted octanol–water partition coefficient (Wildman–Crippen LogP) is 5.26. The molecule has 0 spiro atoms. The lowest BCUT2D eigenvalue weighted by Crippen LogP contribution is -1.86. The van der Waals surface area contributed by atoms with E-state index in [1.165, 1.54) is 11.6 Å². The van der Waals surface area contributed by atoms with Crippen LogP contribution in [0.15, 0.2) is 55.1 Å². The van der Waals surface area contributed by atoms with E-state index in [-0.39, 0.29) is 0 Å². The number of allylic oxidation sites excluding steroid dienone is 1. The smallest absolute Gasteiger partial charge is 0.160 e. The van der Waals surface area contributed by atoms with Gasteiger partial charge in [0.15, 0.2) is 11.6 Å². The Kier molecular flexibility index (Phi) is 5.91. The summed E-state index contributed by atoms with van der Waals surface area (Å²) in [6.07, 6.45) is 6.34. The monoisotopic (exact) mass is 296 g/mol. The minimum Gasteiger partial charge on any atom is -0.204 e. The number of unbranched alkanes of at least 4 members (excludes halogenated alkanes) is 2. The molecule has 2 aromatic carbocycles. The highest BCUT2D eigenvalue weighted by molar-refractivity contribution is 5.43. The van der Waals surface area contributed by atoms with Crippen LogP contribution in [0, 0.1) is 23.5 Å². The van der Waals surface area contributed by atoms with Crippen molar-refractivity contribution < 1.29 is 8.78 Å². The quantitative estimate of drug-likeness (QED) is 0.401. The van der Waals surface area contributed by atoms with Crippen LogP contribution in [0.5, 0.6) is 0 Å². The van der Waals surface area contributed by atoms with Gasteiger partial charge in [0.25, 0.3) is 0 Å². The van der Waals surface area contributed by atoms with Crippen LogP contribution in [-0.2, 0) is 6.42 Å². The third-order valence-corrected chi connectivity index (χ3v) is 3.35. The van der Waals surface area contributed by atoms with Gasteiger partial charge in [0, 0.05) is 11.1 Å². The van der Waals surface area contributed by atoms with Gasteiger partial charge in [0.05, 0.1) is 0 Å². The molecule has 0 aromatic heterocycles. The van der Waals surface area contributed by atoms with Gasteiger partial charge in [-0.3, -0.25) is 0 Å². The minimum absolute atomic E-state index is 0.465. The first-order chi connectivity index (χ1) is 10.7. The van der Waals surface area contributed by atoms with E-state index in [0.29, 0.717) is 5.56 Å². The van der Waals surface area contributed by atoms with Crippen molar-refractivity contribution in [2.24, 2.45) is 0 Å². The summed E-state index contributed by atoms with van der Waals surface area (Å²) in [4.78, 5) is 0. The third-order valence-electron chi connectivity index (χ3n) is 3.35. The van der Waals surface area contributed by atoms with Crippen molar-refractivity contribution in [1.29, 1.82) is 0 Å². The molecule has 22 heavy (non-hydrogen) atoms. The molecule has 0 unspecified atom stereocenters. The maximum Gasteiger partial charge on any atom is 0.160 e. The number of benzene rings is 2. The van der Waals surface area contributed by atoms with Crippen molar-refractivity contribution in [3.05, 3.63) is 83.4 Å². The molecule has 0 bridgehead atoms. The van der Waals surface area contributed by atoms with Gasteiger partial charge < -0.3 is 0 Å². The molecule has 0 atom stereocenters. The fourth-order valence-corrected chi connectivity index (χ4v) is 2.09. The van der Waals surface area contributed by atoms with Gasteiger partial charge in [-0.1, -0.05) is 30.0 Å². The van der Waals surface area contributed by atoms with Crippen LogP contribution in [-0.4, -0.2) is 0 Å². The summed E-state index contributed by atoms with van der Waals surface area (Å²) in [5, 5.41) is 0. The molecule has 0 saturated heterocycles. The van der Waals surface area contributed by atoms with Crippen LogP contribution in [0.25, 0.3) is 0 Å². The van der Waals surface area contributed by atoms with E-state index in [4.69, 9.17) is 0 Å². The molecule has 0 fully saturated rings. The van der Waals surface area contributed by atoms with Crippen molar-refractivity contribution >= 4 is 0 Å². The van der Waals surface area contributed by atoms with Crippen LogP contribution in [0.3, 0.4) is 0 Å². The second-order valence-corrected chi connectivity index (χ2v) is 5.11. The molecular formula is C20H18F2. The topological polar surface area (TPSA) is 0 Å². The average molecular weight is 296 g/mol. The number of rotatable bonds is 5. The Bertz CT molecular complexity index is 688. The summed E-state index contributed by atoms with van der Waals surface area (Å²) in [5.41, 5.74) is 2.61. The van der Waals surface area contributed by atoms with Gasteiger partial charge in [-0.2, -0.15) is 0 Å². The Morgan fingerprint density at radius 3 is 2.23 bits per heavy atom. The molecule has 112 valence electrons. The van der Waals surface area contributed by atoms with Crippen LogP contribution in [0.4, 0.5) is 8.78 Å². The number of halogens is 2. The van der Waals surface area contributed by atoms with Crippen LogP contribution < -0.4 is 0 Å². The summed E-state index contributed by atoms with van der Waals surface area (Å²) in [6.45, 7) is 3.71. The fourth-order valence-electron chi connectivity index (χ4n) is 2.09. The van der Waals surface area contributed by atoms with Crippen LogP contribution in [0.2, 0.25) is 0 Å². The summed E-state index contributed by atoms with van der Waals surface area (Å²) >= 11 is 0. The molecule has 0 aliphatic heterocycles. The molecular weight excluding hydrogens is 278 g/mol. The average Bonchev–Trinajstić information content (AvgIpc) is 2.54. The first-order valence-corrected chi connectivity index (χ1v) is 7.36. The Labute approximate surface area is 130 Å². The fraction of sp³-hybridized carbons (Fsp3) is 0.200. The van der Waals surface area contributed by atoms with Gasteiger partial charge in [-0.15, -0.1) is 6.58 Å². The minimum atomic E-state index is -0.873. The SMILES string of the molecule is C=CCCCCc1ccc(C#Cc2ccc(F)c(F)c2)cc1. The predicted molar refractivity (Wildman–Crippen MR) is 86.5 cm³/mol. The van der Waals surface area contributed by atoms with Gasteiger partial charge in [0.1, 0.15) is 0 Å². The van der Waals surface area contributed by atoms with Crippen molar-refractivity contribution in [2.45, 2.75) is 25.7 Å². The number of aryl methyl sites for hydroxylation is 1. The summed E-state index contributed by atoms with van der Waals surface area (Å²) in [7, 11) is 0. The molecule has 2 aromatic rings. The zero-order chi connectivity index (χ0) is 15.8. The molecule has 0 radical (unpaired) electrons. The van der Waals surface area contributed by atoms with E-state index >= 15 is 0 Å². The Hall–Kier alpha value is -2.40. The van der Waals surface area contributed by atoms with E-state index in [1.807, 2.05) is 18.2 Å². The molecule has 0 aliphatic rings. The molecule has 0 aliphatic carbocycles. The molecule has 2 rings (SSSR count). The second-order valence-electron chi connectivity index (χ2n) is 5.11. The van der Waals surface area contributed by atoms with Crippen molar-refractivity contribution in [1.82, 2.24) is 0 Å². The highest BCUT2D eigenvalue weighted by atomic mass is 19.2. The Morgan fingerprint density at radius 2 is 1.55 bits per heavy atom. The van der Waals surface area contributed by atoms with Crippen molar-refractivity contribution in [3.8, 4) is 11.8 Å². The highest BCUT2D eigenvalue weighted by Crippen LogP contribution is 2.10.